The van der Waals surface area contributed by atoms with Gasteiger partial charge in [0.15, 0.2) is 0 Å². The number of anilines is 1. The Bertz CT molecular complexity index is 851. The molecule has 0 bridgehead atoms. The van der Waals surface area contributed by atoms with Gasteiger partial charge in [-0.25, -0.2) is 4.39 Å². The topological polar surface area (TPSA) is 47.6 Å². The number of rotatable bonds is 7. The number of nitrogens with one attached hydrogen (secondary N) is 2. The minimum Gasteiger partial charge on any atom is -0.382 e. The maximum absolute atomic E-state index is 13.4. The molecule has 2 fully saturated rings. The standard InChI is InChI=1S/C25H33FN4O/c1-19-16-29(14-11-27-19)17-20-5-7-21(8-6-20)25(18-31)30-12-9-23(10-13-30)28-24-4-2-3-22(26)15-24/h2-8,15,18-19,23,25,27-28H,9-14,16-17H2,1H3/t19-,25?/m0/s1. The molecule has 2 N–H and O–H groups in total. The smallest absolute Gasteiger partial charge is 0.141 e. The second-order valence-electron chi connectivity index (χ2n) is 8.88. The summed E-state index contributed by atoms with van der Waals surface area (Å²) in [4.78, 5) is 16.7. The number of piperidine rings is 1. The fourth-order valence-electron chi connectivity index (χ4n) is 4.75. The Kier molecular flexibility index (Phi) is 7.33. The van der Waals surface area contributed by atoms with Crippen molar-refractivity contribution in [2.45, 2.75) is 44.4 Å². The molecule has 5 nitrogen and oxygen atoms in total. The van der Waals surface area contributed by atoms with Crippen LogP contribution in [0.1, 0.15) is 36.9 Å². The Hall–Kier alpha value is -2.28. The number of benzene rings is 2. The number of halogens is 1. The molecule has 6 heteroatoms. The van der Waals surface area contributed by atoms with Crippen LogP contribution < -0.4 is 10.6 Å². The van der Waals surface area contributed by atoms with Gasteiger partial charge in [0.1, 0.15) is 12.1 Å². The lowest BCUT2D eigenvalue weighted by Gasteiger charge is -2.36. The van der Waals surface area contributed by atoms with E-state index in [2.05, 4.69) is 51.6 Å². The number of carbonyl (C=O) groups is 1. The van der Waals surface area contributed by atoms with Gasteiger partial charge in [-0.2, -0.15) is 0 Å². The minimum absolute atomic E-state index is 0.205. The van der Waals surface area contributed by atoms with Gasteiger partial charge >= 0.3 is 0 Å². The summed E-state index contributed by atoms with van der Waals surface area (Å²) in [5.41, 5.74) is 3.17. The van der Waals surface area contributed by atoms with E-state index < -0.39 is 0 Å². The molecule has 2 atom stereocenters. The number of aldehydes is 1. The van der Waals surface area contributed by atoms with Crippen molar-refractivity contribution in [1.29, 1.82) is 0 Å². The monoisotopic (exact) mass is 424 g/mol. The van der Waals surface area contributed by atoms with Crippen molar-refractivity contribution in [2.75, 3.05) is 38.0 Å². The third-order valence-electron chi connectivity index (χ3n) is 6.43. The maximum Gasteiger partial charge on any atom is 0.141 e. The first-order valence-electron chi connectivity index (χ1n) is 11.4. The van der Waals surface area contributed by atoms with Crippen LogP contribution in [0.2, 0.25) is 0 Å². The van der Waals surface area contributed by atoms with Gasteiger partial charge in [-0.3, -0.25) is 9.80 Å². The average molecular weight is 425 g/mol. The van der Waals surface area contributed by atoms with Crippen LogP contribution >= 0.6 is 0 Å². The summed E-state index contributed by atoms with van der Waals surface area (Å²) in [5.74, 6) is -0.224. The van der Waals surface area contributed by atoms with Crippen LogP contribution in [-0.4, -0.2) is 60.9 Å². The molecule has 0 amide bonds. The van der Waals surface area contributed by atoms with Crippen molar-refractivity contribution in [1.82, 2.24) is 15.1 Å². The van der Waals surface area contributed by atoms with E-state index in [0.717, 1.165) is 69.6 Å². The molecular weight excluding hydrogens is 391 g/mol. The van der Waals surface area contributed by atoms with Gasteiger partial charge in [-0.1, -0.05) is 30.3 Å². The predicted octanol–water partition coefficient (Wildman–Crippen LogP) is 3.44. The van der Waals surface area contributed by atoms with E-state index in [9.17, 15) is 9.18 Å². The molecule has 2 saturated heterocycles. The third kappa shape index (κ3) is 5.91. The highest BCUT2D eigenvalue weighted by Gasteiger charge is 2.26. The molecule has 1 unspecified atom stereocenters. The highest BCUT2D eigenvalue weighted by atomic mass is 19.1. The summed E-state index contributed by atoms with van der Waals surface area (Å²) >= 11 is 0. The van der Waals surface area contributed by atoms with E-state index in [4.69, 9.17) is 0 Å². The van der Waals surface area contributed by atoms with Gasteiger partial charge in [0, 0.05) is 57.0 Å². The Labute approximate surface area is 184 Å². The van der Waals surface area contributed by atoms with Gasteiger partial charge < -0.3 is 15.4 Å². The van der Waals surface area contributed by atoms with Crippen molar-refractivity contribution in [3.8, 4) is 0 Å². The van der Waals surface area contributed by atoms with E-state index in [-0.39, 0.29) is 11.9 Å². The summed E-state index contributed by atoms with van der Waals surface area (Å²) in [7, 11) is 0. The maximum atomic E-state index is 13.4. The number of likely N-dealkylation sites (tertiary alicyclic amines) is 1. The molecule has 166 valence electrons. The van der Waals surface area contributed by atoms with Gasteiger partial charge in [0.25, 0.3) is 0 Å². The van der Waals surface area contributed by atoms with Crippen LogP contribution in [0.3, 0.4) is 0 Å². The lowest BCUT2D eigenvalue weighted by molar-refractivity contribution is -0.113. The molecule has 2 aliphatic heterocycles. The van der Waals surface area contributed by atoms with Gasteiger partial charge in [0.2, 0.25) is 0 Å². The van der Waals surface area contributed by atoms with Gasteiger partial charge in [-0.05, 0) is 49.1 Å². The third-order valence-corrected chi connectivity index (χ3v) is 6.43. The summed E-state index contributed by atoms with van der Waals surface area (Å²) < 4.78 is 13.4. The van der Waals surface area contributed by atoms with Crippen molar-refractivity contribution < 1.29 is 9.18 Å². The second-order valence-corrected chi connectivity index (χ2v) is 8.88. The molecule has 0 aliphatic carbocycles. The first-order chi connectivity index (χ1) is 15.1. The van der Waals surface area contributed by atoms with Crippen LogP contribution in [0, 0.1) is 5.82 Å². The first-order valence-corrected chi connectivity index (χ1v) is 11.4. The lowest BCUT2D eigenvalue weighted by Crippen LogP contribution is -2.48. The van der Waals surface area contributed by atoms with Crippen molar-refractivity contribution in [2.24, 2.45) is 0 Å². The van der Waals surface area contributed by atoms with Crippen molar-refractivity contribution in [3.63, 3.8) is 0 Å². The van der Waals surface area contributed by atoms with Gasteiger partial charge in [-0.15, -0.1) is 0 Å². The molecule has 2 heterocycles. The fourth-order valence-corrected chi connectivity index (χ4v) is 4.75. The molecule has 2 aliphatic rings. The molecule has 0 saturated carbocycles. The van der Waals surface area contributed by atoms with E-state index in [1.807, 2.05) is 6.07 Å². The molecular formula is C25H33FN4O. The van der Waals surface area contributed by atoms with E-state index in [1.165, 1.54) is 17.7 Å². The van der Waals surface area contributed by atoms with Crippen LogP contribution in [0.5, 0.6) is 0 Å². The van der Waals surface area contributed by atoms with E-state index in [0.29, 0.717) is 12.1 Å². The minimum atomic E-state index is -0.224. The molecule has 2 aromatic rings. The molecule has 2 aromatic carbocycles. The molecule has 4 rings (SSSR count). The summed E-state index contributed by atoms with van der Waals surface area (Å²) in [6.45, 7) is 8.04. The number of piperazine rings is 1. The molecule has 0 radical (unpaired) electrons. The van der Waals surface area contributed by atoms with Crippen LogP contribution in [0.15, 0.2) is 48.5 Å². The Morgan fingerprint density at radius 1 is 1.16 bits per heavy atom. The highest BCUT2D eigenvalue weighted by molar-refractivity contribution is 5.61. The quantitative estimate of drug-likeness (QED) is 0.667. The van der Waals surface area contributed by atoms with Crippen molar-refractivity contribution >= 4 is 12.0 Å². The van der Waals surface area contributed by atoms with Crippen LogP contribution in [0.4, 0.5) is 10.1 Å². The summed E-state index contributed by atoms with van der Waals surface area (Å²) in [6, 6.07) is 15.8. The van der Waals surface area contributed by atoms with E-state index in [1.54, 1.807) is 6.07 Å². The lowest BCUT2D eigenvalue weighted by atomic mass is 9.99. The molecule has 0 spiro atoms. The summed E-state index contributed by atoms with van der Waals surface area (Å²) in [6.07, 6.45) is 2.92. The van der Waals surface area contributed by atoms with E-state index >= 15 is 0 Å². The zero-order valence-electron chi connectivity index (χ0n) is 18.3. The SMILES string of the molecule is C[C@H]1CN(Cc2ccc(C(C=O)N3CCC(Nc4cccc(F)c4)CC3)cc2)CCN1. The highest BCUT2D eigenvalue weighted by Crippen LogP contribution is 2.25. The number of carbonyl (C=O) groups excluding carboxylic acids is 1. The fraction of sp³-hybridized carbons (Fsp3) is 0.480. The predicted molar refractivity (Wildman–Crippen MR) is 123 cm³/mol. The zero-order valence-corrected chi connectivity index (χ0v) is 18.3. The number of hydrogen-bond donors (Lipinski definition) is 2. The van der Waals surface area contributed by atoms with Crippen LogP contribution in [0.25, 0.3) is 0 Å². The Balaban J connectivity index is 1.31. The Morgan fingerprint density at radius 2 is 1.94 bits per heavy atom. The first kappa shape index (κ1) is 21.9. The summed E-state index contributed by atoms with van der Waals surface area (Å²) in [5, 5.41) is 6.90. The second kappa shape index (κ2) is 10.4. The number of nitrogens with zero attached hydrogens (tertiary/aromatic N) is 2. The molecule has 31 heavy (non-hydrogen) atoms. The largest absolute Gasteiger partial charge is 0.382 e. The Morgan fingerprint density at radius 3 is 2.61 bits per heavy atom. The normalized spacial score (nSPS) is 22.2. The average Bonchev–Trinajstić information content (AvgIpc) is 2.77. The van der Waals surface area contributed by atoms with Crippen molar-refractivity contribution in [3.05, 3.63) is 65.5 Å². The zero-order chi connectivity index (χ0) is 21.6. The van der Waals surface area contributed by atoms with Crippen LogP contribution in [-0.2, 0) is 11.3 Å². The number of hydrogen-bond acceptors (Lipinski definition) is 5. The van der Waals surface area contributed by atoms with Gasteiger partial charge in [0.05, 0.1) is 6.04 Å². The molecule has 0 aromatic heterocycles.